The number of hydrazone groups is 1. The number of nitrogens with one attached hydrogen (secondary N) is 2. The second-order valence-corrected chi connectivity index (χ2v) is 7.73. The maximum atomic E-state index is 12.1. The highest BCUT2D eigenvalue weighted by molar-refractivity contribution is 9.10. The first-order valence-corrected chi connectivity index (χ1v) is 9.77. The molecule has 2 aromatic rings. The summed E-state index contributed by atoms with van der Waals surface area (Å²) in [5.41, 5.74) is 6.84. The van der Waals surface area contributed by atoms with E-state index in [1.165, 1.54) is 5.56 Å². The van der Waals surface area contributed by atoms with Gasteiger partial charge in [0.1, 0.15) is 6.04 Å². The minimum Gasteiger partial charge on any atom is -0.374 e. The van der Waals surface area contributed by atoms with E-state index in [2.05, 4.69) is 69.9 Å². The highest BCUT2D eigenvalue weighted by atomic mass is 79.9. The largest absolute Gasteiger partial charge is 0.374 e. The molecule has 0 aliphatic heterocycles. The van der Waals surface area contributed by atoms with Crippen LogP contribution in [0.1, 0.15) is 44.7 Å². The summed E-state index contributed by atoms with van der Waals surface area (Å²) in [6, 6.07) is 15.7. The Morgan fingerprint density at radius 1 is 1.04 bits per heavy atom. The van der Waals surface area contributed by atoms with Crippen LogP contribution in [-0.2, 0) is 4.79 Å². The predicted molar refractivity (Wildman–Crippen MR) is 118 cm³/mol. The average Bonchev–Trinajstić information content (AvgIpc) is 2.64. The molecular formula is C22H26BrN3O. The van der Waals surface area contributed by atoms with E-state index in [0.29, 0.717) is 5.92 Å². The van der Waals surface area contributed by atoms with Gasteiger partial charge in [-0.05, 0) is 60.7 Å². The van der Waals surface area contributed by atoms with Gasteiger partial charge < -0.3 is 5.32 Å². The summed E-state index contributed by atoms with van der Waals surface area (Å²) in [4.78, 5) is 12.1. The number of carbonyl (C=O) groups excluding carboxylic acids is 1. The normalized spacial score (nSPS) is 13.0. The minimum absolute atomic E-state index is 0.191. The standard InChI is InChI=1S/C22H26BrN3O/c1-15(2)19-7-5-18(6-8-19)13-16(3)14-24-26-22(27)17(4)25-21-11-9-20(23)10-12-21/h5-15,17,25H,1-4H3,(H,26,27)/b16-13+,24-14-/t17-/m1/s1. The molecule has 1 amide bonds. The van der Waals surface area contributed by atoms with Crippen molar-refractivity contribution in [3.63, 3.8) is 0 Å². The molecule has 2 rings (SSSR count). The van der Waals surface area contributed by atoms with E-state index in [1.54, 1.807) is 13.1 Å². The monoisotopic (exact) mass is 427 g/mol. The lowest BCUT2D eigenvalue weighted by Gasteiger charge is -2.13. The van der Waals surface area contributed by atoms with E-state index in [1.807, 2.05) is 37.3 Å². The number of allylic oxidation sites excluding steroid dienone is 1. The fraction of sp³-hybridized carbons (Fsp3) is 0.273. The second kappa shape index (κ2) is 10.1. The number of carbonyl (C=O) groups is 1. The lowest BCUT2D eigenvalue weighted by atomic mass is 10.0. The molecule has 0 unspecified atom stereocenters. The Labute approximate surface area is 169 Å². The topological polar surface area (TPSA) is 53.5 Å². The van der Waals surface area contributed by atoms with Gasteiger partial charge in [-0.25, -0.2) is 5.43 Å². The summed E-state index contributed by atoms with van der Waals surface area (Å²) >= 11 is 3.39. The molecular weight excluding hydrogens is 402 g/mol. The van der Waals surface area contributed by atoms with E-state index in [4.69, 9.17) is 0 Å². The Hall–Kier alpha value is -2.40. The van der Waals surface area contributed by atoms with Crippen molar-refractivity contribution in [2.75, 3.05) is 5.32 Å². The molecule has 0 spiro atoms. The van der Waals surface area contributed by atoms with Crippen LogP contribution >= 0.6 is 15.9 Å². The highest BCUT2D eigenvalue weighted by Crippen LogP contribution is 2.16. The molecule has 0 bridgehead atoms. The molecule has 2 N–H and O–H groups in total. The van der Waals surface area contributed by atoms with Gasteiger partial charge in [0.2, 0.25) is 0 Å². The molecule has 142 valence electrons. The summed E-state index contributed by atoms with van der Waals surface area (Å²) in [5.74, 6) is 0.331. The molecule has 5 heteroatoms. The third-order valence-electron chi connectivity index (χ3n) is 4.06. The van der Waals surface area contributed by atoms with Gasteiger partial charge in [-0.1, -0.05) is 60.1 Å². The van der Waals surface area contributed by atoms with Gasteiger partial charge in [0.05, 0.1) is 6.21 Å². The molecule has 0 radical (unpaired) electrons. The Morgan fingerprint density at radius 3 is 2.26 bits per heavy atom. The summed E-state index contributed by atoms with van der Waals surface area (Å²) in [5, 5.41) is 7.19. The van der Waals surface area contributed by atoms with Crippen LogP contribution in [0.3, 0.4) is 0 Å². The van der Waals surface area contributed by atoms with Crippen molar-refractivity contribution >= 4 is 39.8 Å². The van der Waals surface area contributed by atoms with Crippen LogP contribution in [0.4, 0.5) is 5.69 Å². The maximum absolute atomic E-state index is 12.1. The van der Waals surface area contributed by atoms with Crippen molar-refractivity contribution in [3.05, 3.63) is 69.7 Å². The predicted octanol–water partition coefficient (Wildman–Crippen LogP) is 5.58. The number of benzene rings is 2. The van der Waals surface area contributed by atoms with Crippen LogP contribution < -0.4 is 10.7 Å². The summed E-state index contributed by atoms with van der Waals surface area (Å²) in [7, 11) is 0. The van der Waals surface area contributed by atoms with Gasteiger partial charge in [0, 0.05) is 10.2 Å². The summed E-state index contributed by atoms with van der Waals surface area (Å²) in [6.45, 7) is 8.11. The number of hydrogen-bond acceptors (Lipinski definition) is 3. The fourth-order valence-electron chi connectivity index (χ4n) is 2.43. The average molecular weight is 428 g/mol. The zero-order valence-electron chi connectivity index (χ0n) is 16.2. The molecule has 0 aliphatic carbocycles. The first kappa shape index (κ1) is 20.9. The number of rotatable bonds is 7. The van der Waals surface area contributed by atoms with Gasteiger partial charge in [0.15, 0.2) is 0 Å². The van der Waals surface area contributed by atoms with E-state index in [9.17, 15) is 4.79 Å². The molecule has 0 aromatic heterocycles. The van der Waals surface area contributed by atoms with Crippen LogP contribution in [0.15, 0.2) is 63.7 Å². The van der Waals surface area contributed by atoms with Crippen LogP contribution in [0.2, 0.25) is 0 Å². The van der Waals surface area contributed by atoms with Crippen molar-refractivity contribution in [2.45, 2.75) is 39.7 Å². The molecule has 4 nitrogen and oxygen atoms in total. The van der Waals surface area contributed by atoms with Crippen molar-refractivity contribution in [3.8, 4) is 0 Å². The molecule has 27 heavy (non-hydrogen) atoms. The molecule has 0 heterocycles. The first-order valence-electron chi connectivity index (χ1n) is 8.98. The van der Waals surface area contributed by atoms with Crippen LogP contribution in [0, 0.1) is 0 Å². The van der Waals surface area contributed by atoms with Crippen molar-refractivity contribution < 1.29 is 4.79 Å². The van der Waals surface area contributed by atoms with Crippen LogP contribution in [0.5, 0.6) is 0 Å². The smallest absolute Gasteiger partial charge is 0.262 e. The van der Waals surface area contributed by atoms with E-state index in [-0.39, 0.29) is 5.91 Å². The fourth-order valence-corrected chi connectivity index (χ4v) is 2.70. The minimum atomic E-state index is -0.392. The third-order valence-corrected chi connectivity index (χ3v) is 4.59. The maximum Gasteiger partial charge on any atom is 0.262 e. The Kier molecular flexibility index (Phi) is 7.80. The molecule has 0 saturated heterocycles. The van der Waals surface area contributed by atoms with Gasteiger partial charge in [-0.3, -0.25) is 4.79 Å². The lowest BCUT2D eigenvalue weighted by Crippen LogP contribution is -2.34. The van der Waals surface area contributed by atoms with E-state index in [0.717, 1.165) is 21.3 Å². The number of nitrogens with zero attached hydrogens (tertiary/aromatic N) is 1. The van der Waals surface area contributed by atoms with E-state index >= 15 is 0 Å². The second-order valence-electron chi connectivity index (χ2n) is 6.82. The van der Waals surface area contributed by atoms with Gasteiger partial charge in [-0.2, -0.15) is 5.10 Å². The number of anilines is 1. The van der Waals surface area contributed by atoms with Gasteiger partial charge >= 0.3 is 0 Å². The summed E-state index contributed by atoms with van der Waals surface area (Å²) < 4.78 is 0.996. The molecule has 0 aliphatic rings. The molecule has 0 saturated carbocycles. The quantitative estimate of drug-likeness (QED) is 0.447. The van der Waals surface area contributed by atoms with Crippen molar-refractivity contribution in [2.24, 2.45) is 5.10 Å². The molecule has 2 aromatic carbocycles. The van der Waals surface area contributed by atoms with Crippen LogP contribution in [-0.4, -0.2) is 18.2 Å². The van der Waals surface area contributed by atoms with Gasteiger partial charge in [-0.15, -0.1) is 0 Å². The molecule has 0 fully saturated rings. The molecule has 1 atom stereocenters. The number of amides is 1. The van der Waals surface area contributed by atoms with Crippen molar-refractivity contribution in [1.82, 2.24) is 5.43 Å². The zero-order chi connectivity index (χ0) is 19.8. The van der Waals surface area contributed by atoms with Crippen molar-refractivity contribution in [1.29, 1.82) is 0 Å². The Bertz CT molecular complexity index is 808. The first-order chi connectivity index (χ1) is 12.8. The number of hydrogen-bond donors (Lipinski definition) is 2. The Balaban J connectivity index is 1.87. The number of halogens is 1. The lowest BCUT2D eigenvalue weighted by molar-refractivity contribution is -0.121. The zero-order valence-corrected chi connectivity index (χ0v) is 17.7. The Morgan fingerprint density at radius 2 is 1.67 bits per heavy atom. The third kappa shape index (κ3) is 7.02. The van der Waals surface area contributed by atoms with E-state index < -0.39 is 6.04 Å². The summed E-state index contributed by atoms with van der Waals surface area (Å²) in [6.07, 6.45) is 3.68. The highest BCUT2D eigenvalue weighted by Gasteiger charge is 2.11. The van der Waals surface area contributed by atoms with Gasteiger partial charge in [0.25, 0.3) is 5.91 Å². The SMILES string of the molecule is CC(/C=N\NC(=O)[C@@H](C)Nc1ccc(Br)cc1)=C\c1ccc(C(C)C)cc1. The van der Waals surface area contributed by atoms with Crippen LogP contribution in [0.25, 0.3) is 6.08 Å².